The van der Waals surface area contributed by atoms with E-state index in [4.69, 9.17) is 34.8 Å². The largest absolute Gasteiger partial charge is 0.316 e. The molecule has 1 unspecified atom stereocenters. The Morgan fingerprint density at radius 2 is 1.76 bits per heavy atom. The normalized spacial score (nSPS) is 12.4. The number of hydrogen-bond donors (Lipinski definition) is 1. The molecule has 1 N–H and O–H groups in total. The fourth-order valence-corrected chi connectivity index (χ4v) is 2.78. The highest BCUT2D eigenvalue weighted by atomic mass is 35.5. The molecular weight excluding hydrogens is 332 g/mol. The van der Waals surface area contributed by atoms with Crippen LogP contribution in [0.3, 0.4) is 0 Å². The first-order valence-corrected chi connectivity index (χ1v) is 7.68. The minimum atomic E-state index is -0.395. The van der Waals surface area contributed by atoms with Gasteiger partial charge in [0, 0.05) is 16.1 Å². The molecule has 0 aromatic heterocycles. The van der Waals surface area contributed by atoms with Gasteiger partial charge < -0.3 is 5.32 Å². The summed E-state index contributed by atoms with van der Waals surface area (Å²) in [5, 5.41) is 4.63. The number of rotatable bonds is 5. The van der Waals surface area contributed by atoms with Gasteiger partial charge in [0.05, 0.1) is 5.02 Å². The minimum Gasteiger partial charge on any atom is -0.316 e. The van der Waals surface area contributed by atoms with Gasteiger partial charge in [-0.05, 0) is 55.3 Å². The molecule has 1 nitrogen and oxygen atoms in total. The second kappa shape index (κ2) is 7.46. The van der Waals surface area contributed by atoms with E-state index >= 15 is 0 Å². The van der Waals surface area contributed by atoms with Gasteiger partial charge in [0.25, 0.3) is 0 Å². The molecule has 2 aromatic carbocycles. The molecule has 0 fully saturated rings. The quantitative estimate of drug-likeness (QED) is 0.788. The SMILES string of the molecule is CNC(Cc1ccc(Cl)c(F)c1)Cc1ccc(Cl)cc1Cl. The molecule has 0 heterocycles. The maximum atomic E-state index is 13.5. The zero-order valence-corrected chi connectivity index (χ0v) is 13.7. The van der Waals surface area contributed by atoms with Gasteiger partial charge in [0.15, 0.2) is 0 Å². The van der Waals surface area contributed by atoms with Crippen molar-refractivity contribution in [1.29, 1.82) is 0 Å². The standard InChI is InChI=1S/C16H15Cl3FN/c1-21-13(6-10-2-5-14(18)16(20)7-10)8-11-3-4-12(17)9-15(11)19/h2-5,7,9,13,21H,6,8H2,1H3. The third-order valence-electron chi connectivity index (χ3n) is 3.36. The van der Waals surface area contributed by atoms with Crippen LogP contribution in [0.5, 0.6) is 0 Å². The second-order valence-electron chi connectivity index (χ2n) is 4.88. The second-order valence-corrected chi connectivity index (χ2v) is 6.13. The topological polar surface area (TPSA) is 12.0 Å². The molecule has 0 aliphatic rings. The first kappa shape index (κ1) is 16.6. The van der Waals surface area contributed by atoms with Crippen LogP contribution in [0.2, 0.25) is 15.1 Å². The Morgan fingerprint density at radius 3 is 2.38 bits per heavy atom. The summed E-state index contributed by atoms with van der Waals surface area (Å²) in [6, 6.07) is 10.5. The van der Waals surface area contributed by atoms with Crippen LogP contribution in [0.15, 0.2) is 36.4 Å². The van der Waals surface area contributed by atoms with E-state index in [1.54, 1.807) is 12.1 Å². The minimum absolute atomic E-state index is 0.139. The summed E-state index contributed by atoms with van der Waals surface area (Å²) in [6.45, 7) is 0. The first-order chi connectivity index (χ1) is 9.99. The van der Waals surface area contributed by atoms with Crippen molar-refractivity contribution in [3.05, 3.63) is 68.4 Å². The van der Waals surface area contributed by atoms with E-state index in [1.165, 1.54) is 6.07 Å². The van der Waals surface area contributed by atoms with Crippen LogP contribution in [-0.4, -0.2) is 13.1 Å². The lowest BCUT2D eigenvalue weighted by Gasteiger charge is -2.17. The van der Waals surface area contributed by atoms with Gasteiger partial charge in [-0.15, -0.1) is 0 Å². The summed E-state index contributed by atoms with van der Waals surface area (Å²) in [6.07, 6.45) is 1.42. The lowest BCUT2D eigenvalue weighted by Crippen LogP contribution is -2.30. The van der Waals surface area contributed by atoms with Crippen molar-refractivity contribution in [2.24, 2.45) is 0 Å². The smallest absolute Gasteiger partial charge is 0.142 e. The van der Waals surface area contributed by atoms with Crippen molar-refractivity contribution in [3.8, 4) is 0 Å². The van der Waals surface area contributed by atoms with E-state index in [0.29, 0.717) is 16.5 Å². The maximum Gasteiger partial charge on any atom is 0.142 e. The molecule has 0 saturated carbocycles. The summed E-state index contributed by atoms with van der Waals surface area (Å²) in [5.41, 5.74) is 1.90. The summed E-state index contributed by atoms with van der Waals surface area (Å²) in [4.78, 5) is 0. The Bertz CT molecular complexity index is 631. The van der Waals surface area contributed by atoms with Crippen molar-refractivity contribution in [2.75, 3.05) is 7.05 Å². The van der Waals surface area contributed by atoms with E-state index in [-0.39, 0.29) is 11.1 Å². The van der Waals surface area contributed by atoms with Crippen LogP contribution in [0, 0.1) is 5.82 Å². The van der Waals surface area contributed by atoms with Gasteiger partial charge in [-0.3, -0.25) is 0 Å². The van der Waals surface area contributed by atoms with Crippen LogP contribution in [0.25, 0.3) is 0 Å². The van der Waals surface area contributed by atoms with Gasteiger partial charge in [-0.1, -0.05) is 46.9 Å². The molecule has 0 aliphatic heterocycles. The molecule has 2 aromatic rings. The van der Waals surface area contributed by atoms with Gasteiger partial charge >= 0.3 is 0 Å². The van der Waals surface area contributed by atoms with Crippen molar-refractivity contribution < 1.29 is 4.39 Å². The highest BCUT2D eigenvalue weighted by Crippen LogP contribution is 2.23. The van der Waals surface area contributed by atoms with E-state index < -0.39 is 5.82 Å². The molecule has 21 heavy (non-hydrogen) atoms. The van der Waals surface area contributed by atoms with E-state index in [0.717, 1.165) is 17.5 Å². The number of benzene rings is 2. The van der Waals surface area contributed by atoms with Crippen LogP contribution in [0.4, 0.5) is 4.39 Å². The Morgan fingerprint density at radius 1 is 1.00 bits per heavy atom. The van der Waals surface area contributed by atoms with Crippen LogP contribution in [0.1, 0.15) is 11.1 Å². The van der Waals surface area contributed by atoms with Crippen LogP contribution >= 0.6 is 34.8 Å². The van der Waals surface area contributed by atoms with E-state index in [1.807, 2.05) is 25.2 Å². The lowest BCUT2D eigenvalue weighted by atomic mass is 9.99. The summed E-state index contributed by atoms with van der Waals surface area (Å²) in [5.74, 6) is -0.395. The fraction of sp³-hybridized carbons (Fsp3) is 0.250. The predicted molar refractivity (Wildman–Crippen MR) is 88.1 cm³/mol. The van der Waals surface area contributed by atoms with Gasteiger partial charge in [0.1, 0.15) is 5.82 Å². The Hall–Kier alpha value is -0.800. The van der Waals surface area contributed by atoms with Crippen molar-refractivity contribution in [2.45, 2.75) is 18.9 Å². The van der Waals surface area contributed by atoms with Gasteiger partial charge in [-0.2, -0.15) is 0 Å². The number of hydrogen-bond acceptors (Lipinski definition) is 1. The first-order valence-electron chi connectivity index (χ1n) is 6.54. The molecule has 0 radical (unpaired) electrons. The van der Waals surface area contributed by atoms with Gasteiger partial charge in [0.2, 0.25) is 0 Å². The molecule has 0 aliphatic carbocycles. The third-order valence-corrected chi connectivity index (χ3v) is 4.25. The summed E-state index contributed by atoms with van der Waals surface area (Å²) >= 11 is 17.8. The lowest BCUT2D eigenvalue weighted by molar-refractivity contribution is 0.553. The monoisotopic (exact) mass is 345 g/mol. The summed E-state index contributed by atoms with van der Waals surface area (Å²) in [7, 11) is 1.88. The number of halogens is 4. The molecule has 0 bridgehead atoms. The zero-order valence-electron chi connectivity index (χ0n) is 11.5. The molecule has 1 atom stereocenters. The maximum absolute atomic E-state index is 13.5. The van der Waals surface area contributed by atoms with Crippen molar-refractivity contribution in [1.82, 2.24) is 5.32 Å². The number of nitrogens with one attached hydrogen (secondary N) is 1. The predicted octanol–water partition coefficient (Wildman–Crippen LogP) is 5.16. The average molecular weight is 347 g/mol. The van der Waals surface area contributed by atoms with Crippen molar-refractivity contribution >= 4 is 34.8 Å². The van der Waals surface area contributed by atoms with E-state index in [9.17, 15) is 4.39 Å². The Balaban J connectivity index is 2.10. The molecule has 112 valence electrons. The van der Waals surface area contributed by atoms with E-state index in [2.05, 4.69) is 5.32 Å². The van der Waals surface area contributed by atoms with Crippen LogP contribution in [-0.2, 0) is 12.8 Å². The molecule has 0 spiro atoms. The molecule has 5 heteroatoms. The summed E-state index contributed by atoms with van der Waals surface area (Å²) < 4.78 is 13.5. The number of likely N-dealkylation sites (N-methyl/N-ethyl adjacent to an activating group) is 1. The Labute approximate surface area is 139 Å². The zero-order chi connectivity index (χ0) is 15.4. The van der Waals surface area contributed by atoms with Gasteiger partial charge in [-0.25, -0.2) is 4.39 Å². The molecule has 0 saturated heterocycles. The van der Waals surface area contributed by atoms with Crippen LogP contribution < -0.4 is 5.32 Å². The van der Waals surface area contributed by atoms with Crippen molar-refractivity contribution in [3.63, 3.8) is 0 Å². The third kappa shape index (κ3) is 4.58. The molecule has 0 amide bonds. The molecule has 2 rings (SSSR count). The average Bonchev–Trinajstić information content (AvgIpc) is 2.44. The Kier molecular flexibility index (Phi) is 5.88. The fourth-order valence-electron chi connectivity index (χ4n) is 2.18. The molecular formula is C16H15Cl3FN. The highest BCUT2D eigenvalue weighted by Gasteiger charge is 2.12. The highest BCUT2D eigenvalue weighted by molar-refractivity contribution is 6.35.